The maximum absolute atomic E-state index is 11.6. The highest BCUT2D eigenvalue weighted by molar-refractivity contribution is 5.91. The third kappa shape index (κ3) is 1.56. The lowest BCUT2D eigenvalue weighted by Crippen LogP contribution is -2.41. The van der Waals surface area contributed by atoms with Gasteiger partial charge in [-0.25, -0.2) is 0 Å². The Bertz CT molecular complexity index is 431. The maximum Gasteiger partial charge on any atom is 0.155 e. The number of hydrogen-bond donors (Lipinski definition) is 0. The zero-order chi connectivity index (χ0) is 12.1. The van der Waals surface area contributed by atoms with Gasteiger partial charge >= 0.3 is 0 Å². The number of fused-ring (bicyclic) bond motifs is 5. The molecule has 4 aliphatic rings. The first kappa shape index (κ1) is 11.0. The van der Waals surface area contributed by atoms with Crippen LogP contribution >= 0.6 is 0 Å². The number of ketones is 1. The Balaban J connectivity index is 1.62. The number of carbonyl (C=O) groups excluding carboxylic acids is 1. The molecule has 2 saturated carbocycles. The Kier molecular flexibility index (Phi) is 2.50. The van der Waals surface area contributed by atoms with Crippen LogP contribution in [0.25, 0.3) is 0 Å². The van der Waals surface area contributed by atoms with Gasteiger partial charge in [0.05, 0.1) is 0 Å². The molecule has 1 heteroatoms. The molecule has 96 valence electrons. The molecule has 4 aliphatic carbocycles. The van der Waals surface area contributed by atoms with Gasteiger partial charge in [-0.05, 0) is 74.2 Å². The van der Waals surface area contributed by atoms with Crippen molar-refractivity contribution >= 4 is 5.78 Å². The number of rotatable bonds is 0. The minimum absolute atomic E-state index is 0.385. The lowest BCUT2D eigenvalue weighted by Gasteiger charge is -2.49. The Morgan fingerprint density at radius 2 is 1.89 bits per heavy atom. The van der Waals surface area contributed by atoms with Crippen LogP contribution in [-0.2, 0) is 4.79 Å². The minimum atomic E-state index is 0.385. The lowest BCUT2D eigenvalue weighted by molar-refractivity contribution is -0.115. The molecule has 5 atom stereocenters. The first-order chi connectivity index (χ1) is 8.83. The van der Waals surface area contributed by atoms with Crippen molar-refractivity contribution in [3.8, 4) is 0 Å². The van der Waals surface area contributed by atoms with E-state index in [1.165, 1.54) is 37.7 Å². The second-order valence-electron chi connectivity index (χ2n) is 6.77. The van der Waals surface area contributed by atoms with Gasteiger partial charge in [0.25, 0.3) is 0 Å². The molecule has 0 aromatic carbocycles. The van der Waals surface area contributed by atoms with Gasteiger partial charge in [-0.3, -0.25) is 4.79 Å². The van der Waals surface area contributed by atoms with Crippen LogP contribution in [-0.4, -0.2) is 5.78 Å². The van der Waals surface area contributed by atoms with Crippen molar-refractivity contribution in [3.63, 3.8) is 0 Å². The summed E-state index contributed by atoms with van der Waals surface area (Å²) in [4.78, 5) is 11.6. The second-order valence-corrected chi connectivity index (χ2v) is 6.77. The molecule has 5 unspecified atom stereocenters. The van der Waals surface area contributed by atoms with Gasteiger partial charge in [0.2, 0.25) is 0 Å². The molecule has 0 aromatic heterocycles. The monoisotopic (exact) mass is 242 g/mol. The average Bonchev–Trinajstić information content (AvgIpc) is 2.86. The summed E-state index contributed by atoms with van der Waals surface area (Å²) in [6, 6.07) is 0. The summed E-state index contributed by atoms with van der Waals surface area (Å²) < 4.78 is 0. The van der Waals surface area contributed by atoms with Crippen molar-refractivity contribution < 1.29 is 4.79 Å². The fourth-order valence-electron chi connectivity index (χ4n) is 5.32. The van der Waals surface area contributed by atoms with Crippen molar-refractivity contribution in [2.24, 2.45) is 29.6 Å². The molecule has 0 aromatic rings. The summed E-state index contributed by atoms with van der Waals surface area (Å²) in [6.45, 7) is 0. The van der Waals surface area contributed by atoms with E-state index in [1.54, 1.807) is 0 Å². The highest BCUT2D eigenvalue weighted by Crippen LogP contribution is 2.55. The Morgan fingerprint density at radius 3 is 2.83 bits per heavy atom. The molecule has 2 fully saturated rings. The highest BCUT2D eigenvalue weighted by Gasteiger charge is 2.46. The van der Waals surface area contributed by atoms with Gasteiger partial charge < -0.3 is 0 Å². The van der Waals surface area contributed by atoms with Gasteiger partial charge in [-0.1, -0.05) is 17.7 Å². The normalized spacial score (nSPS) is 46.1. The average molecular weight is 242 g/mol. The highest BCUT2D eigenvalue weighted by atomic mass is 16.1. The third-order valence-corrected chi connectivity index (χ3v) is 6.08. The standard InChI is InChI=1S/C17H22O/c18-13-6-9-15-12(10-13)5-8-16-14-3-1-2-11(14)4-7-17(15)16/h1-2,10-11,14-17H,3-9H2. The van der Waals surface area contributed by atoms with Crippen molar-refractivity contribution in [2.75, 3.05) is 0 Å². The van der Waals surface area contributed by atoms with Crippen LogP contribution in [0.3, 0.4) is 0 Å². The predicted molar refractivity (Wildman–Crippen MR) is 72.0 cm³/mol. The van der Waals surface area contributed by atoms with Crippen LogP contribution in [0.2, 0.25) is 0 Å². The number of allylic oxidation sites excluding steroid dienone is 4. The molecule has 0 aliphatic heterocycles. The van der Waals surface area contributed by atoms with E-state index in [9.17, 15) is 4.79 Å². The van der Waals surface area contributed by atoms with Crippen molar-refractivity contribution in [1.29, 1.82) is 0 Å². The molecule has 0 heterocycles. The summed E-state index contributed by atoms with van der Waals surface area (Å²) in [5.41, 5.74) is 1.51. The van der Waals surface area contributed by atoms with Crippen molar-refractivity contribution in [2.45, 2.75) is 44.9 Å². The first-order valence-corrected chi connectivity index (χ1v) is 7.73. The van der Waals surface area contributed by atoms with Gasteiger partial charge in [0, 0.05) is 6.42 Å². The van der Waals surface area contributed by atoms with E-state index in [0.717, 1.165) is 42.4 Å². The first-order valence-electron chi connectivity index (χ1n) is 7.73. The van der Waals surface area contributed by atoms with E-state index in [-0.39, 0.29) is 0 Å². The summed E-state index contributed by atoms with van der Waals surface area (Å²) >= 11 is 0. The topological polar surface area (TPSA) is 17.1 Å². The van der Waals surface area contributed by atoms with Gasteiger partial charge in [-0.2, -0.15) is 0 Å². The Morgan fingerprint density at radius 1 is 0.944 bits per heavy atom. The Hall–Kier alpha value is -0.850. The quantitative estimate of drug-likeness (QED) is 0.589. The molecule has 0 spiro atoms. The molecule has 18 heavy (non-hydrogen) atoms. The predicted octanol–water partition coefficient (Wildman–Crippen LogP) is 3.90. The van der Waals surface area contributed by atoms with Crippen LogP contribution < -0.4 is 0 Å². The summed E-state index contributed by atoms with van der Waals surface area (Å²) in [6.07, 6.45) is 15.6. The van der Waals surface area contributed by atoms with Gasteiger partial charge in [0.1, 0.15) is 0 Å². The maximum atomic E-state index is 11.6. The molecule has 1 nitrogen and oxygen atoms in total. The van der Waals surface area contributed by atoms with Gasteiger partial charge in [-0.15, -0.1) is 0 Å². The zero-order valence-electron chi connectivity index (χ0n) is 11.0. The lowest BCUT2D eigenvalue weighted by atomic mass is 9.56. The molecule has 0 amide bonds. The van der Waals surface area contributed by atoms with E-state index in [1.807, 2.05) is 6.08 Å². The minimum Gasteiger partial charge on any atom is -0.295 e. The molecule has 0 radical (unpaired) electrons. The SMILES string of the molecule is O=C1C=C2CCC3C4CC=CC4CCC3C2CC1. The smallest absolute Gasteiger partial charge is 0.155 e. The zero-order valence-corrected chi connectivity index (χ0v) is 11.0. The fourth-order valence-corrected chi connectivity index (χ4v) is 5.32. The molecule has 0 saturated heterocycles. The van der Waals surface area contributed by atoms with E-state index < -0.39 is 0 Å². The summed E-state index contributed by atoms with van der Waals surface area (Å²) in [7, 11) is 0. The van der Waals surface area contributed by atoms with E-state index in [2.05, 4.69) is 12.2 Å². The van der Waals surface area contributed by atoms with Crippen molar-refractivity contribution in [1.82, 2.24) is 0 Å². The van der Waals surface area contributed by atoms with Crippen LogP contribution in [0.4, 0.5) is 0 Å². The molecule has 4 rings (SSSR count). The van der Waals surface area contributed by atoms with E-state index >= 15 is 0 Å². The number of hydrogen-bond acceptors (Lipinski definition) is 1. The fraction of sp³-hybridized carbons (Fsp3) is 0.706. The molecular weight excluding hydrogens is 220 g/mol. The molecule has 0 bridgehead atoms. The molecular formula is C17H22O. The van der Waals surface area contributed by atoms with Crippen LogP contribution in [0.15, 0.2) is 23.8 Å². The Labute approximate surface area is 109 Å². The van der Waals surface area contributed by atoms with Crippen molar-refractivity contribution in [3.05, 3.63) is 23.8 Å². The molecule has 0 N–H and O–H groups in total. The summed E-state index contributed by atoms with van der Waals surface area (Å²) in [5, 5.41) is 0. The second kappa shape index (κ2) is 4.08. The van der Waals surface area contributed by atoms with Gasteiger partial charge in [0.15, 0.2) is 5.78 Å². The summed E-state index contributed by atoms with van der Waals surface area (Å²) in [5.74, 6) is 4.84. The largest absolute Gasteiger partial charge is 0.295 e. The van der Waals surface area contributed by atoms with E-state index in [4.69, 9.17) is 0 Å². The number of carbonyl (C=O) groups is 1. The van der Waals surface area contributed by atoms with Crippen LogP contribution in [0.5, 0.6) is 0 Å². The van der Waals surface area contributed by atoms with E-state index in [0.29, 0.717) is 5.78 Å². The van der Waals surface area contributed by atoms with Crippen LogP contribution in [0, 0.1) is 29.6 Å². The van der Waals surface area contributed by atoms with Crippen LogP contribution in [0.1, 0.15) is 44.9 Å². The third-order valence-electron chi connectivity index (χ3n) is 6.08.